The molecule has 0 saturated heterocycles. The van der Waals surface area contributed by atoms with Crippen molar-refractivity contribution in [1.29, 1.82) is 0 Å². The van der Waals surface area contributed by atoms with Gasteiger partial charge in [-0.3, -0.25) is 9.59 Å². The molecule has 1 aliphatic heterocycles. The molecular formula is C10H17N3O3. The second-order valence-corrected chi connectivity index (χ2v) is 4.00. The van der Waals surface area contributed by atoms with E-state index in [1.807, 2.05) is 0 Å². The first-order valence-electron chi connectivity index (χ1n) is 5.19. The molecule has 0 aliphatic carbocycles. The maximum atomic E-state index is 11.8. The Morgan fingerprint density at radius 1 is 1.62 bits per heavy atom. The van der Waals surface area contributed by atoms with Crippen LogP contribution in [0.2, 0.25) is 0 Å². The van der Waals surface area contributed by atoms with Crippen molar-refractivity contribution in [1.82, 2.24) is 9.91 Å². The van der Waals surface area contributed by atoms with Gasteiger partial charge in [-0.1, -0.05) is 0 Å². The van der Waals surface area contributed by atoms with Crippen molar-refractivity contribution < 1.29 is 14.7 Å². The average Bonchev–Trinajstić information content (AvgIpc) is 2.20. The van der Waals surface area contributed by atoms with Crippen LogP contribution in [0.15, 0.2) is 5.10 Å². The number of carbonyl (C=O) groups is 2. The highest BCUT2D eigenvalue weighted by atomic mass is 16.3. The normalized spacial score (nSPS) is 18.1. The molecule has 0 saturated carbocycles. The van der Waals surface area contributed by atoms with Crippen molar-refractivity contribution in [3.8, 4) is 0 Å². The lowest BCUT2D eigenvalue weighted by Gasteiger charge is -2.23. The van der Waals surface area contributed by atoms with Crippen LogP contribution in [0.3, 0.4) is 0 Å². The maximum absolute atomic E-state index is 11.8. The van der Waals surface area contributed by atoms with E-state index >= 15 is 0 Å². The lowest BCUT2D eigenvalue weighted by Crippen LogP contribution is -2.41. The minimum absolute atomic E-state index is 0.0882. The summed E-state index contributed by atoms with van der Waals surface area (Å²) in [4.78, 5) is 24.4. The van der Waals surface area contributed by atoms with E-state index in [2.05, 4.69) is 5.10 Å². The average molecular weight is 227 g/mol. The number of carbonyl (C=O) groups excluding carboxylic acids is 2. The van der Waals surface area contributed by atoms with Gasteiger partial charge in [0.15, 0.2) is 0 Å². The second kappa shape index (κ2) is 5.07. The van der Waals surface area contributed by atoms with Gasteiger partial charge in [-0.05, 0) is 6.92 Å². The van der Waals surface area contributed by atoms with Gasteiger partial charge in [0, 0.05) is 33.5 Å². The Bertz CT molecular complexity index is 325. The van der Waals surface area contributed by atoms with Crippen molar-refractivity contribution >= 4 is 17.5 Å². The SMILES string of the molecule is CC(O)CN(C)C(=O)C1=NN(C)C(=O)CC1. The molecule has 0 aromatic carbocycles. The van der Waals surface area contributed by atoms with Gasteiger partial charge in [-0.25, -0.2) is 5.01 Å². The standard InChI is InChI=1S/C10H17N3O3/c1-7(14)6-12(2)10(16)8-4-5-9(15)13(3)11-8/h7,14H,4-6H2,1-3H3. The summed E-state index contributed by atoms with van der Waals surface area (Å²) in [5.74, 6) is -0.324. The third kappa shape index (κ3) is 3.03. The molecule has 1 N–H and O–H groups in total. The Labute approximate surface area is 94.5 Å². The highest BCUT2D eigenvalue weighted by Gasteiger charge is 2.24. The fraction of sp³-hybridized carbons (Fsp3) is 0.700. The molecule has 1 atom stereocenters. The molecule has 0 aromatic heterocycles. The Balaban J connectivity index is 2.67. The molecule has 6 nitrogen and oxygen atoms in total. The molecule has 1 aliphatic rings. The Morgan fingerprint density at radius 3 is 2.75 bits per heavy atom. The summed E-state index contributed by atoms with van der Waals surface area (Å²) < 4.78 is 0. The van der Waals surface area contributed by atoms with E-state index < -0.39 is 6.10 Å². The molecule has 0 radical (unpaired) electrons. The van der Waals surface area contributed by atoms with Crippen LogP contribution in [0.1, 0.15) is 19.8 Å². The molecule has 0 spiro atoms. The molecule has 1 unspecified atom stereocenters. The van der Waals surface area contributed by atoms with Gasteiger partial charge in [0.05, 0.1) is 6.10 Å². The second-order valence-electron chi connectivity index (χ2n) is 4.00. The van der Waals surface area contributed by atoms with E-state index in [1.165, 1.54) is 17.0 Å². The number of likely N-dealkylation sites (N-methyl/N-ethyl adjacent to an activating group) is 1. The van der Waals surface area contributed by atoms with Crippen molar-refractivity contribution in [2.45, 2.75) is 25.9 Å². The Morgan fingerprint density at radius 2 is 2.25 bits per heavy atom. The van der Waals surface area contributed by atoms with Crippen LogP contribution in [0, 0.1) is 0 Å². The topological polar surface area (TPSA) is 73.2 Å². The van der Waals surface area contributed by atoms with E-state index in [-0.39, 0.29) is 18.4 Å². The Kier molecular flexibility index (Phi) is 4.00. The summed E-state index contributed by atoms with van der Waals surface area (Å²) in [6.45, 7) is 1.87. The number of nitrogens with zero attached hydrogens (tertiary/aromatic N) is 3. The lowest BCUT2D eigenvalue weighted by atomic mass is 10.1. The van der Waals surface area contributed by atoms with Gasteiger partial charge < -0.3 is 10.0 Å². The predicted molar refractivity (Wildman–Crippen MR) is 58.8 cm³/mol. The highest BCUT2D eigenvalue weighted by molar-refractivity contribution is 6.39. The van der Waals surface area contributed by atoms with E-state index in [4.69, 9.17) is 5.11 Å². The number of rotatable bonds is 3. The van der Waals surface area contributed by atoms with Crippen molar-refractivity contribution in [2.24, 2.45) is 5.10 Å². The van der Waals surface area contributed by atoms with Crippen LogP contribution in [0.4, 0.5) is 0 Å². The van der Waals surface area contributed by atoms with Crippen molar-refractivity contribution in [3.05, 3.63) is 0 Å². The maximum Gasteiger partial charge on any atom is 0.269 e. The van der Waals surface area contributed by atoms with E-state index in [0.29, 0.717) is 18.6 Å². The van der Waals surface area contributed by atoms with Crippen LogP contribution in [-0.4, -0.2) is 59.3 Å². The number of aliphatic hydroxyl groups is 1. The first kappa shape index (κ1) is 12.6. The predicted octanol–water partition coefficient (Wildman–Crippen LogP) is -0.566. The number of amides is 2. The first-order valence-corrected chi connectivity index (χ1v) is 5.19. The van der Waals surface area contributed by atoms with Gasteiger partial charge in [0.2, 0.25) is 5.91 Å². The molecule has 0 aromatic rings. The van der Waals surface area contributed by atoms with Gasteiger partial charge >= 0.3 is 0 Å². The minimum atomic E-state index is -0.572. The quantitative estimate of drug-likeness (QED) is 0.702. The fourth-order valence-electron chi connectivity index (χ4n) is 1.52. The van der Waals surface area contributed by atoms with Crippen LogP contribution < -0.4 is 0 Å². The summed E-state index contributed by atoms with van der Waals surface area (Å²) in [7, 11) is 3.14. The molecule has 0 bridgehead atoms. The van der Waals surface area contributed by atoms with Crippen molar-refractivity contribution in [3.63, 3.8) is 0 Å². The summed E-state index contributed by atoms with van der Waals surface area (Å²) in [5, 5.41) is 14.3. The van der Waals surface area contributed by atoms with Crippen LogP contribution in [-0.2, 0) is 9.59 Å². The van der Waals surface area contributed by atoms with Crippen molar-refractivity contribution in [2.75, 3.05) is 20.6 Å². The molecule has 1 rings (SSSR count). The third-order valence-electron chi connectivity index (χ3n) is 2.34. The van der Waals surface area contributed by atoms with Crippen LogP contribution in [0.25, 0.3) is 0 Å². The summed E-state index contributed by atoms with van der Waals surface area (Å²) >= 11 is 0. The molecule has 90 valence electrons. The highest BCUT2D eigenvalue weighted by Crippen LogP contribution is 2.08. The molecule has 2 amide bonds. The number of hydrazone groups is 1. The molecular weight excluding hydrogens is 210 g/mol. The first-order chi connectivity index (χ1) is 7.41. The molecule has 0 fully saturated rings. The largest absolute Gasteiger partial charge is 0.392 e. The minimum Gasteiger partial charge on any atom is -0.392 e. The van der Waals surface area contributed by atoms with Crippen LogP contribution in [0.5, 0.6) is 0 Å². The number of aliphatic hydroxyl groups excluding tert-OH is 1. The molecule has 16 heavy (non-hydrogen) atoms. The molecule has 6 heteroatoms. The van der Waals surface area contributed by atoms with Gasteiger partial charge in [0.1, 0.15) is 5.71 Å². The van der Waals surface area contributed by atoms with E-state index in [1.54, 1.807) is 14.0 Å². The summed E-state index contributed by atoms with van der Waals surface area (Å²) in [6.07, 6.45) is 0.105. The molecule has 1 heterocycles. The smallest absolute Gasteiger partial charge is 0.269 e. The van der Waals surface area contributed by atoms with Gasteiger partial charge in [0.25, 0.3) is 5.91 Å². The zero-order chi connectivity index (χ0) is 12.3. The van der Waals surface area contributed by atoms with Gasteiger partial charge in [-0.15, -0.1) is 0 Å². The summed E-state index contributed by atoms with van der Waals surface area (Å²) in [6, 6.07) is 0. The zero-order valence-corrected chi connectivity index (χ0v) is 9.80. The van der Waals surface area contributed by atoms with Gasteiger partial charge in [-0.2, -0.15) is 5.10 Å². The zero-order valence-electron chi connectivity index (χ0n) is 9.80. The fourth-order valence-corrected chi connectivity index (χ4v) is 1.52. The Hall–Kier alpha value is -1.43. The van der Waals surface area contributed by atoms with E-state index in [0.717, 1.165) is 0 Å². The number of hydrogen-bond acceptors (Lipinski definition) is 4. The third-order valence-corrected chi connectivity index (χ3v) is 2.34. The van der Waals surface area contributed by atoms with Crippen LogP contribution >= 0.6 is 0 Å². The van der Waals surface area contributed by atoms with E-state index in [9.17, 15) is 9.59 Å². The lowest BCUT2D eigenvalue weighted by molar-refractivity contribution is -0.130. The summed E-state index contributed by atoms with van der Waals surface area (Å²) in [5.41, 5.74) is 0.366. The monoisotopic (exact) mass is 227 g/mol. The number of hydrogen-bond donors (Lipinski definition) is 1.